The van der Waals surface area contributed by atoms with Crippen LogP contribution in [0.4, 0.5) is 11.5 Å². The first-order chi connectivity index (χ1) is 17.5. The molecule has 0 spiro atoms. The van der Waals surface area contributed by atoms with Crippen LogP contribution in [0.3, 0.4) is 0 Å². The van der Waals surface area contributed by atoms with Crippen LogP contribution in [-0.4, -0.2) is 48.2 Å². The summed E-state index contributed by atoms with van der Waals surface area (Å²) in [6.07, 6.45) is 5.57. The van der Waals surface area contributed by atoms with E-state index < -0.39 is 0 Å². The quantitative estimate of drug-likeness (QED) is 0.322. The molecule has 0 aliphatic carbocycles. The van der Waals surface area contributed by atoms with E-state index in [1.165, 1.54) is 0 Å². The molecule has 188 valence electrons. The number of methoxy groups -OCH3 is 4. The fourth-order valence-electron chi connectivity index (χ4n) is 4.00. The van der Waals surface area contributed by atoms with Crippen LogP contribution in [0.25, 0.3) is 23.2 Å². The fraction of sp³-hybridized carbons (Fsp3) is 0.296. The molecule has 0 fully saturated rings. The number of aromatic nitrogens is 4. The van der Waals surface area contributed by atoms with Crippen LogP contribution in [0, 0.1) is 0 Å². The van der Waals surface area contributed by atoms with Crippen molar-refractivity contribution in [1.29, 1.82) is 0 Å². The summed E-state index contributed by atoms with van der Waals surface area (Å²) in [5, 5.41) is 8.14. The number of benzene rings is 2. The highest BCUT2D eigenvalue weighted by atomic mass is 16.5. The van der Waals surface area contributed by atoms with Gasteiger partial charge in [-0.25, -0.2) is 9.97 Å². The molecule has 2 aromatic carbocycles. The third-order valence-corrected chi connectivity index (χ3v) is 5.72. The van der Waals surface area contributed by atoms with Gasteiger partial charge in [0.05, 0.1) is 34.1 Å². The van der Waals surface area contributed by atoms with Gasteiger partial charge in [0.1, 0.15) is 16.8 Å². The van der Waals surface area contributed by atoms with Crippen molar-refractivity contribution in [3.8, 4) is 23.0 Å². The van der Waals surface area contributed by atoms with Crippen LogP contribution < -0.4 is 24.3 Å². The van der Waals surface area contributed by atoms with Crippen LogP contribution in [-0.2, 0) is 13.5 Å². The Kier molecular flexibility index (Phi) is 7.58. The van der Waals surface area contributed by atoms with Gasteiger partial charge in [-0.3, -0.25) is 4.68 Å². The molecule has 2 aromatic heterocycles. The summed E-state index contributed by atoms with van der Waals surface area (Å²) in [4.78, 5) is 9.67. The van der Waals surface area contributed by atoms with E-state index in [0.29, 0.717) is 28.9 Å². The number of fused-ring (bicyclic) bond motifs is 1. The lowest BCUT2D eigenvalue weighted by molar-refractivity contribution is 0.324. The molecule has 1 N–H and O–H groups in total. The molecular formula is C27H31N5O4. The zero-order valence-corrected chi connectivity index (χ0v) is 21.5. The van der Waals surface area contributed by atoms with E-state index in [-0.39, 0.29) is 0 Å². The van der Waals surface area contributed by atoms with Crippen molar-refractivity contribution < 1.29 is 18.9 Å². The van der Waals surface area contributed by atoms with E-state index >= 15 is 0 Å². The molecule has 0 unspecified atom stereocenters. The minimum Gasteiger partial charge on any atom is -0.497 e. The minimum absolute atomic E-state index is 0.542. The van der Waals surface area contributed by atoms with Crippen molar-refractivity contribution in [2.75, 3.05) is 33.8 Å². The van der Waals surface area contributed by atoms with Gasteiger partial charge >= 0.3 is 0 Å². The number of hydrogen-bond acceptors (Lipinski definition) is 8. The molecule has 4 aromatic rings. The highest BCUT2D eigenvalue weighted by Crippen LogP contribution is 2.38. The average Bonchev–Trinajstić information content (AvgIpc) is 3.22. The van der Waals surface area contributed by atoms with Crippen molar-refractivity contribution >= 4 is 34.7 Å². The normalized spacial score (nSPS) is 11.2. The molecule has 0 bridgehead atoms. The Bertz CT molecular complexity index is 1350. The van der Waals surface area contributed by atoms with E-state index in [1.807, 2.05) is 60.3 Å². The minimum atomic E-state index is 0.542. The summed E-state index contributed by atoms with van der Waals surface area (Å²) in [6.45, 7) is 2.13. The van der Waals surface area contributed by atoms with Gasteiger partial charge in [0.15, 0.2) is 23.1 Å². The molecule has 0 aliphatic rings. The Morgan fingerprint density at radius 2 is 1.58 bits per heavy atom. The Labute approximate surface area is 210 Å². The third-order valence-electron chi connectivity index (χ3n) is 5.72. The maximum atomic E-state index is 5.48. The maximum absolute atomic E-state index is 5.48. The molecule has 0 atom stereocenters. The predicted molar refractivity (Wildman–Crippen MR) is 142 cm³/mol. The number of nitrogens with zero attached hydrogens (tertiary/aromatic N) is 4. The average molecular weight is 490 g/mol. The summed E-state index contributed by atoms with van der Waals surface area (Å²) in [6, 6.07) is 11.4. The standard InChI is InChI=1S/C27H31N5O4/c1-7-8-20-24-25(32(2)31-20)27(28-18-10-12-19(33-3)13-11-18)30-23(29-24)14-9-17-15-21(34-4)26(36-6)22(16-17)35-5/h9-16H,7-8H2,1-6H3,(H,28,29,30)/b14-9+. The molecule has 9 nitrogen and oxygen atoms in total. The second-order valence-corrected chi connectivity index (χ2v) is 8.09. The zero-order valence-electron chi connectivity index (χ0n) is 21.5. The summed E-state index contributed by atoms with van der Waals surface area (Å²) in [7, 11) is 8.33. The van der Waals surface area contributed by atoms with Gasteiger partial charge in [-0.1, -0.05) is 19.4 Å². The molecule has 4 rings (SSSR count). The Balaban J connectivity index is 1.78. The van der Waals surface area contributed by atoms with E-state index in [1.54, 1.807) is 28.4 Å². The van der Waals surface area contributed by atoms with Crippen molar-refractivity contribution in [2.45, 2.75) is 19.8 Å². The van der Waals surface area contributed by atoms with Crippen LogP contribution in [0.1, 0.15) is 30.4 Å². The number of hydrogen-bond donors (Lipinski definition) is 1. The van der Waals surface area contributed by atoms with E-state index in [9.17, 15) is 0 Å². The predicted octanol–water partition coefficient (Wildman–Crippen LogP) is 5.26. The molecule has 0 saturated carbocycles. The lowest BCUT2D eigenvalue weighted by Gasteiger charge is -2.13. The SMILES string of the molecule is CCCc1nn(C)c2c(Nc3ccc(OC)cc3)nc(/C=C/c3cc(OC)c(OC)c(OC)c3)nc12. The number of rotatable bonds is 10. The molecular weight excluding hydrogens is 458 g/mol. The van der Waals surface area contributed by atoms with Crippen LogP contribution in [0.2, 0.25) is 0 Å². The topological polar surface area (TPSA) is 92.6 Å². The molecule has 0 amide bonds. The first kappa shape index (κ1) is 24.8. The first-order valence-corrected chi connectivity index (χ1v) is 11.6. The van der Waals surface area contributed by atoms with E-state index in [0.717, 1.165) is 46.6 Å². The molecule has 2 heterocycles. The lowest BCUT2D eigenvalue weighted by atomic mass is 10.1. The first-order valence-electron chi connectivity index (χ1n) is 11.6. The molecule has 0 radical (unpaired) electrons. The van der Waals surface area contributed by atoms with Crippen LogP contribution in [0.15, 0.2) is 36.4 Å². The Hall–Kier alpha value is -4.27. The fourth-order valence-corrected chi connectivity index (χ4v) is 4.00. The third kappa shape index (κ3) is 5.05. The van der Waals surface area contributed by atoms with Gasteiger partial charge in [-0.05, 0) is 54.5 Å². The summed E-state index contributed by atoms with van der Waals surface area (Å²) >= 11 is 0. The molecule has 0 aliphatic heterocycles. The van der Waals surface area contributed by atoms with Crippen molar-refractivity contribution in [1.82, 2.24) is 19.7 Å². The van der Waals surface area contributed by atoms with Gasteiger partial charge in [-0.15, -0.1) is 0 Å². The second kappa shape index (κ2) is 11.0. The monoisotopic (exact) mass is 489 g/mol. The number of nitrogens with one attached hydrogen (secondary N) is 1. The van der Waals surface area contributed by atoms with Gasteiger partial charge < -0.3 is 24.3 Å². The van der Waals surface area contributed by atoms with Gasteiger partial charge in [0.25, 0.3) is 0 Å². The van der Waals surface area contributed by atoms with E-state index in [2.05, 4.69) is 12.2 Å². The molecule has 36 heavy (non-hydrogen) atoms. The zero-order chi connectivity index (χ0) is 25.7. The van der Waals surface area contributed by atoms with Crippen molar-refractivity contribution in [3.63, 3.8) is 0 Å². The van der Waals surface area contributed by atoms with Crippen LogP contribution >= 0.6 is 0 Å². The highest BCUT2D eigenvalue weighted by Gasteiger charge is 2.17. The van der Waals surface area contributed by atoms with Gasteiger partial charge in [0.2, 0.25) is 5.75 Å². The summed E-state index contributed by atoms with van der Waals surface area (Å²) < 4.78 is 23.5. The number of aryl methyl sites for hydroxylation is 2. The highest BCUT2D eigenvalue weighted by molar-refractivity contribution is 5.90. The smallest absolute Gasteiger partial charge is 0.203 e. The maximum Gasteiger partial charge on any atom is 0.203 e. The van der Waals surface area contributed by atoms with E-state index in [4.69, 9.17) is 34.0 Å². The number of ether oxygens (including phenoxy) is 4. The van der Waals surface area contributed by atoms with Crippen molar-refractivity contribution in [3.05, 3.63) is 53.5 Å². The lowest BCUT2D eigenvalue weighted by Crippen LogP contribution is -2.02. The Morgan fingerprint density at radius 3 is 2.17 bits per heavy atom. The summed E-state index contributed by atoms with van der Waals surface area (Å²) in [5.74, 6) is 3.71. The largest absolute Gasteiger partial charge is 0.497 e. The van der Waals surface area contributed by atoms with Gasteiger partial charge in [0, 0.05) is 12.7 Å². The second-order valence-electron chi connectivity index (χ2n) is 8.09. The van der Waals surface area contributed by atoms with Crippen LogP contribution in [0.5, 0.6) is 23.0 Å². The Morgan fingerprint density at radius 1 is 0.889 bits per heavy atom. The summed E-state index contributed by atoms with van der Waals surface area (Å²) in [5.41, 5.74) is 4.36. The van der Waals surface area contributed by atoms with Crippen molar-refractivity contribution in [2.24, 2.45) is 7.05 Å². The number of anilines is 2. The molecule has 9 heteroatoms. The van der Waals surface area contributed by atoms with Gasteiger partial charge in [-0.2, -0.15) is 5.10 Å². The molecule has 0 saturated heterocycles.